The maximum atomic E-state index is 13.0. The minimum atomic E-state index is -4.55. The topological polar surface area (TPSA) is 76.8 Å². The molecule has 4 rings (SSSR count). The van der Waals surface area contributed by atoms with Gasteiger partial charge in [-0.15, -0.1) is 0 Å². The van der Waals surface area contributed by atoms with Crippen molar-refractivity contribution in [3.8, 4) is 11.4 Å². The van der Waals surface area contributed by atoms with E-state index in [0.717, 1.165) is 11.6 Å². The van der Waals surface area contributed by atoms with Crippen molar-refractivity contribution in [3.63, 3.8) is 0 Å². The Hall–Kier alpha value is -3.01. The lowest BCUT2D eigenvalue weighted by atomic mass is 10.2. The number of carbonyl (C=O) groups excluding carboxylic acids is 1. The van der Waals surface area contributed by atoms with Crippen LogP contribution in [0.5, 0.6) is 0 Å². The summed E-state index contributed by atoms with van der Waals surface area (Å²) in [4.78, 5) is 30.7. The van der Waals surface area contributed by atoms with Gasteiger partial charge in [0.1, 0.15) is 11.4 Å². The van der Waals surface area contributed by atoms with Crippen molar-refractivity contribution >= 4 is 17.5 Å². The standard InChI is InChI=1S/C19H16ClF3N6O/c1-10-6-24-18(20)27-15(10)13-9-28-7-11(2)29(17(30)16(28)26-13)8-12-4-3-5-14(25-12)19(21,22)23/h3-6,9,11H,7-8H2,1-2H3/t11-/m0/s1. The van der Waals surface area contributed by atoms with Crippen molar-refractivity contribution in [1.29, 1.82) is 0 Å². The van der Waals surface area contributed by atoms with Crippen LogP contribution in [0.2, 0.25) is 5.28 Å². The summed E-state index contributed by atoms with van der Waals surface area (Å²) in [7, 11) is 0. The minimum absolute atomic E-state index is 0.0511. The van der Waals surface area contributed by atoms with Gasteiger partial charge in [0.2, 0.25) is 5.28 Å². The lowest BCUT2D eigenvalue weighted by Gasteiger charge is -2.33. The highest BCUT2D eigenvalue weighted by Gasteiger charge is 2.35. The Morgan fingerprint density at radius 1 is 1.23 bits per heavy atom. The SMILES string of the molecule is Cc1cnc(Cl)nc1-c1cn2c(n1)C(=O)N(Cc1cccc(C(F)(F)F)n1)[C@@H](C)C2. The molecule has 4 heterocycles. The first-order valence-corrected chi connectivity index (χ1v) is 9.42. The van der Waals surface area contributed by atoms with E-state index in [-0.39, 0.29) is 29.4 Å². The molecule has 0 fully saturated rings. The third kappa shape index (κ3) is 3.74. The number of rotatable bonds is 3. The van der Waals surface area contributed by atoms with E-state index >= 15 is 0 Å². The normalized spacial score (nSPS) is 16.7. The van der Waals surface area contributed by atoms with Crippen LogP contribution in [-0.2, 0) is 19.3 Å². The average Bonchev–Trinajstić information content (AvgIpc) is 3.10. The maximum Gasteiger partial charge on any atom is 0.433 e. The lowest BCUT2D eigenvalue weighted by Crippen LogP contribution is -2.46. The number of imidazole rings is 1. The van der Waals surface area contributed by atoms with Crippen LogP contribution >= 0.6 is 11.6 Å². The molecular weight excluding hydrogens is 421 g/mol. The van der Waals surface area contributed by atoms with Gasteiger partial charge in [-0.25, -0.2) is 19.9 Å². The molecule has 0 aliphatic carbocycles. The Kier molecular flexibility index (Phi) is 4.97. The van der Waals surface area contributed by atoms with Crippen LogP contribution in [0, 0.1) is 6.92 Å². The molecule has 7 nitrogen and oxygen atoms in total. The van der Waals surface area contributed by atoms with Gasteiger partial charge in [-0.05, 0) is 43.1 Å². The molecule has 0 aromatic carbocycles. The molecule has 1 aliphatic rings. The number of aromatic nitrogens is 5. The first-order chi connectivity index (χ1) is 14.1. The summed E-state index contributed by atoms with van der Waals surface area (Å²) < 4.78 is 40.6. The van der Waals surface area contributed by atoms with Crippen molar-refractivity contribution in [2.75, 3.05) is 0 Å². The van der Waals surface area contributed by atoms with Gasteiger partial charge >= 0.3 is 6.18 Å². The van der Waals surface area contributed by atoms with Crippen molar-refractivity contribution < 1.29 is 18.0 Å². The summed E-state index contributed by atoms with van der Waals surface area (Å²) in [6.45, 7) is 4.01. The van der Waals surface area contributed by atoms with Gasteiger partial charge in [0.15, 0.2) is 5.82 Å². The van der Waals surface area contributed by atoms with Crippen LogP contribution in [0.25, 0.3) is 11.4 Å². The molecule has 1 atom stereocenters. The Labute approximate surface area is 174 Å². The van der Waals surface area contributed by atoms with Crippen LogP contribution in [-0.4, -0.2) is 41.4 Å². The van der Waals surface area contributed by atoms with Crippen molar-refractivity contribution in [2.24, 2.45) is 0 Å². The van der Waals surface area contributed by atoms with Crippen LogP contribution in [0.3, 0.4) is 0 Å². The van der Waals surface area contributed by atoms with E-state index in [2.05, 4.69) is 19.9 Å². The second-order valence-electron chi connectivity index (χ2n) is 7.07. The molecule has 1 aliphatic heterocycles. The quantitative estimate of drug-likeness (QED) is 0.584. The molecule has 0 bridgehead atoms. The van der Waals surface area contributed by atoms with Crippen molar-refractivity contribution in [3.05, 3.63) is 58.7 Å². The van der Waals surface area contributed by atoms with Crippen LogP contribution in [0.1, 0.15) is 34.5 Å². The monoisotopic (exact) mass is 436 g/mol. The second-order valence-corrected chi connectivity index (χ2v) is 7.40. The van der Waals surface area contributed by atoms with Gasteiger partial charge in [-0.3, -0.25) is 4.79 Å². The first kappa shape index (κ1) is 20.3. The van der Waals surface area contributed by atoms with E-state index in [1.54, 1.807) is 23.9 Å². The van der Waals surface area contributed by atoms with Gasteiger partial charge in [0.05, 0.1) is 17.9 Å². The third-order valence-corrected chi connectivity index (χ3v) is 5.02. The molecule has 0 radical (unpaired) electrons. The Bertz CT molecular complexity index is 1130. The number of hydrogen-bond acceptors (Lipinski definition) is 5. The minimum Gasteiger partial charge on any atom is -0.326 e. The Balaban J connectivity index is 1.64. The molecule has 11 heteroatoms. The number of fused-ring (bicyclic) bond motifs is 1. The predicted octanol–water partition coefficient (Wildman–Crippen LogP) is 3.76. The number of alkyl halides is 3. The number of halogens is 4. The van der Waals surface area contributed by atoms with Gasteiger partial charge in [-0.1, -0.05) is 6.07 Å². The summed E-state index contributed by atoms with van der Waals surface area (Å²) in [5, 5.41) is 0.0681. The Morgan fingerprint density at radius 3 is 2.73 bits per heavy atom. The van der Waals surface area contributed by atoms with E-state index in [0.29, 0.717) is 17.9 Å². The summed E-state index contributed by atoms with van der Waals surface area (Å²) in [5.74, 6) is -0.207. The molecule has 30 heavy (non-hydrogen) atoms. The molecule has 0 saturated heterocycles. The van der Waals surface area contributed by atoms with E-state index in [1.165, 1.54) is 17.0 Å². The third-order valence-electron chi connectivity index (χ3n) is 4.84. The number of amides is 1. The maximum absolute atomic E-state index is 13.0. The fourth-order valence-corrected chi connectivity index (χ4v) is 3.49. The van der Waals surface area contributed by atoms with Gasteiger partial charge in [0, 0.05) is 25.0 Å². The second kappa shape index (κ2) is 7.35. The summed E-state index contributed by atoms with van der Waals surface area (Å²) in [6, 6.07) is 3.39. The van der Waals surface area contributed by atoms with E-state index in [1.807, 2.05) is 6.92 Å². The molecule has 3 aromatic heterocycles. The van der Waals surface area contributed by atoms with Crippen molar-refractivity contribution in [1.82, 2.24) is 29.4 Å². The highest BCUT2D eigenvalue weighted by Crippen LogP contribution is 2.29. The number of pyridine rings is 1. The summed E-state index contributed by atoms with van der Waals surface area (Å²) >= 11 is 5.88. The number of carbonyl (C=O) groups is 1. The molecule has 0 unspecified atom stereocenters. The smallest absolute Gasteiger partial charge is 0.326 e. The fraction of sp³-hybridized carbons (Fsp3) is 0.316. The molecule has 0 N–H and O–H groups in total. The number of hydrogen-bond donors (Lipinski definition) is 0. The molecule has 1 amide bonds. The van der Waals surface area contributed by atoms with Crippen LogP contribution in [0.15, 0.2) is 30.6 Å². The fourth-order valence-electron chi connectivity index (χ4n) is 3.36. The van der Waals surface area contributed by atoms with Gasteiger partial charge in [-0.2, -0.15) is 13.2 Å². The van der Waals surface area contributed by atoms with E-state index in [9.17, 15) is 18.0 Å². The zero-order valence-corrected chi connectivity index (χ0v) is 16.7. The highest BCUT2D eigenvalue weighted by atomic mass is 35.5. The average molecular weight is 437 g/mol. The first-order valence-electron chi connectivity index (χ1n) is 9.04. The van der Waals surface area contributed by atoms with Gasteiger partial charge in [0.25, 0.3) is 5.91 Å². The van der Waals surface area contributed by atoms with Gasteiger partial charge < -0.3 is 9.47 Å². The lowest BCUT2D eigenvalue weighted by molar-refractivity contribution is -0.141. The van der Waals surface area contributed by atoms with E-state index < -0.39 is 17.8 Å². The predicted molar refractivity (Wildman–Crippen MR) is 102 cm³/mol. The molecule has 156 valence electrons. The largest absolute Gasteiger partial charge is 0.433 e. The summed E-state index contributed by atoms with van der Waals surface area (Å²) in [6.07, 6.45) is -1.26. The molecule has 0 spiro atoms. The van der Waals surface area contributed by atoms with E-state index in [4.69, 9.17) is 11.6 Å². The molecular formula is C19H16ClF3N6O. The summed E-state index contributed by atoms with van der Waals surface area (Å²) in [5.41, 5.74) is 0.913. The molecule has 0 saturated carbocycles. The zero-order valence-electron chi connectivity index (χ0n) is 16.0. The van der Waals surface area contributed by atoms with Crippen molar-refractivity contribution in [2.45, 2.75) is 39.2 Å². The highest BCUT2D eigenvalue weighted by molar-refractivity contribution is 6.28. The molecule has 3 aromatic rings. The number of nitrogens with zero attached hydrogens (tertiary/aromatic N) is 6. The van der Waals surface area contributed by atoms with Crippen LogP contribution in [0.4, 0.5) is 13.2 Å². The zero-order chi connectivity index (χ0) is 21.6. The Morgan fingerprint density at radius 2 is 2.00 bits per heavy atom. The van der Waals surface area contributed by atoms with Crippen LogP contribution < -0.4 is 0 Å². The number of aryl methyl sites for hydroxylation is 1.